The molecule has 0 radical (unpaired) electrons. The number of aromatic amines is 1. The van der Waals surface area contributed by atoms with E-state index in [2.05, 4.69) is 20.9 Å². The van der Waals surface area contributed by atoms with Crippen LogP contribution in [0.4, 0.5) is 0 Å². The first-order valence-electron chi connectivity index (χ1n) is 5.28. The Bertz CT molecular complexity index is 484. The van der Waals surface area contributed by atoms with Gasteiger partial charge in [-0.2, -0.15) is 0 Å². The molecule has 0 saturated heterocycles. The van der Waals surface area contributed by atoms with Crippen LogP contribution in [0.3, 0.4) is 0 Å². The van der Waals surface area contributed by atoms with Crippen molar-refractivity contribution in [1.29, 1.82) is 5.41 Å². The molecular weight excluding hydrogens is 298 g/mol. The van der Waals surface area contributed by atoms with Gasteiger partial charge in [-0.3, -0.25) is 0 Å². The van der Waals surface area contributed by atoms with Crippen molar-refractivity contribution in [3.8, 4) is 0 Å². The zero-order valence-corrected chi connectivity index (χ0v) is 12.4. The fourth-order valence-corrected chi connectivity index (χ4v) is 1.95. The standard InChI is InChI=1S/C12H16BrN3O2/c1-7-5-9(15-11(7)13)10(16(2)3)8(6-14)12(17)18-4/h5-6,14-15H,1-4H3/b10-8-,14-6?. The Morgan fingerprint density at radius 1 is 1.56 bits per heavy atom. The molecule has 0 saturated carbocycles. The van der Waals surface area contributed by atoms with Gasteiger partial charge in [0, 0.05) is 20.3 Å². The number of rotatable bonds is 4. The topological polar surface area (TPSA) is 69.2 Å². The maximum absolute atomic E-state index is 11.7. The molecule has 0 aromatic carbocycles. The molecule has 1 aromatic heterocycles. The van der Waals surface area contributed by atoms with Crippen LogP contribution in [-0.2, 0) is 9.53 Å². The zero-order chi connectivity index (χ0) is 13.9. The van der Waals surface area contributed by atoms with Gasteiger partial charge in [0.15, 0.2) is 0 Å². The third kappa shape index (κ3) is 2.81. The van der Waals surface area contributed by atoms with Crippen molar-refractivity contribution in [2.45, 2.75) is 6.92 Å². The van der Waals surface area contributed by atoms with E-state index in [1.54, 1.807) is 4.90 Å². The van der Waals surface area contributed by atoms with Crippen molar-refractivity contribution in [1.82, 2.24) is 9.88 Å². The van der Waals surface area contributed by atoms with Gasteiger partial charge in [0.25, 0.3) is 0 Å². The highest BCUT2D eigenvalue weighted by Crippen LogP contribution is 2.25. The number of ether oxygens (including phenoxy) is 1. The summed E-state index contributed by atoms with van der Waals surface area (Å²) in [5.74, 6) is -0.530. The molecule has 0 amide bonds. The number of hydrogen-bond acceptors (Lipinski definition) is 4. The number of hydrogen-bond donors (Lipinski definition) is 2. The second-order valence-corrected chi connectivity index (χ2v) is 4.77. The lowest BCUT2D eigenvalue weighted by Crippen LogP contribution is -2.18. The number of nitrogens with zero attached hydrogens (tertiary/aromatic N) is 1. The Labute approximate surface area is 114 Å². The number of nitrogens with one attached hydrogen (secondary N) is 2. The summed E-state index contributed by atoms with van der Waals surface area (Å²) in [6, 6.07) is 1.91. The third-order valence-electron chi connectivity index (χ3n) is 2.46. The highest BCUT2D eigenvalue weighted by atomic mass is 79.9. The summed E-state index contributed by atoms with van der Waals surface area (Å²) in [7, 11) is 4.92. The van der Waals surface area contributed by atoms with Crippen LogP contribution < -0.4 is 0 Å². The van der Waals surface area contributed by atoms with Crippen LogP contribution in [0.5, 0.6) is 0 Å². The quantitative estimate of drug-likeness (QED) is 0.508. The average molecular weight is 314 g/mol. The van der Waals surface area contributed by atoms with E-state index in [9.17, 15) is 4.79 Å². The number of H-pyrrole nitrogens is 1. The van der Waals surface area contributed by atoms with Crippen molar-refractivity contribution in [3.05, 3.63) is 27.5 Å². The van der Waals surface area contributed by atoms with Crippen LogP contribution in [-0.4, -0.2) is 43.3 Å². The minimum Gasteiger partial charge on any atom is -0.465 e. The molecule has 18 heavy (non-hydrogen) atoms. The van der Waals surface area contributed by atoms with Gasteiger partial charge in [0.05, 0.1) is 23.1 Å². The highest BCUT2D eigenvalue weighted by molar-refractivity contribution is 9.10. The van der Waals surface area contributed by atoms with Crippen molar-refractivity contribution < 1.29 is 9.53 Å². The maximum Gasteiger partial charge on any atom is 0.341 e. The van der Waals surface area contributed by atoms with Gasteiger partial charge in [-0.1, -0.05) is 0 Å². The summed E-state index contributed by atoms with van der Waals surface area (Å²) in [5, 5.41) is 7.39. The number of carbonyl (C=O) groups excluding carboxylic acids is 1. The first-order chi connectivity index (χ1) is 8.42. The van der Waals surface area contributed by atoms with Gasteiger partial charge < -0.3 is 20.0 Å². The Kier molecular flexibility index (Phi) is 4.72. The zero-order valence-electron chi connectivity index (χ0n) is 10.8. The van der Waals surface area contributed by atoms with Crippen molar-refractivity contribution in [3.63, 3.8) is 0 Å². The molecule has 0 bridgehead atoms. The molecular formula is C12H16BrN3O2. The van der Waals surface area contributed by atoms with Crippen LogP contribution in [0.25, 0.3) is 5.70 Å². The lowest BCUT2D eigenvalue weighted by atomic mass is 10.1. The van der Waals surface area contributed by atoms with Gasteiger partial charge in [-0.15, -0.1) is 0 Å². The Balaban J connectivity index is 3.45. The van der Waals surface area contributed by atoms with Crippen molar-refractivity contribution in [2.24, 2.45) is 0 Å². The minimum absolute atomic E-state index is 0.205. The van der Waals surface area contributed by atoms with Crippen molar-refractivity contribution >= 4 is 33.8 Å². The third-order valence-corrected chi connectivity index (χ3v) is 3.28. The fourth-order valence-electron chi connectivity index (χ4n) is 1.62. The van der Waals surface area contributed by atoms with Gasteiger partial charge in [0.1, 0.15) is 5.57 Å². The van der Waals surface area contributed by atoms with E-state index in [0.29, 0.717) is 5.70 Å². The Morgan fingerprint density at radius 3 is 2.50 bits per heavy atom. The smallest absolute Gasteiger partial charge is 0.341 e. The van der Waals surface area contributed by atoms with E-state index >= 15 is 0 Å². The number of halogens is 1. The summed E-state index contributed by atoms with van der Waals surface area (Å²) in [6.45, 7) is 1.94. The van der Waals surface area contributed by atoms with E-state index in [4.69, 9.17) is 10.1 Å². The van der Waals surface area contributed by atoms with E-state index in [0.717, 1.165) is 22.1 Å². The van der Waals surface area contributed by atoms with Crippen LogP contribution in [0.1, 0.15) is 11.3 Å². The summed E-state index contributed by atoms with van der Waals surface area (Å²) < 4.78 is 5.55. The molecule has 0 aliphatic heterocycles. The molecule has 1 aromatic rings. The molecule has 0 fully saturated rings. The molecule has 1 rings (SSSR count). The first kappa shape index (κ1) is 14.5. The predicted molar refractivity (Wildman–Crippen MR) is 74.6 cm³/mol. The normalized spacial score (nSPS) is 11.8. The average Bonchev–Trinajstić information content (AvgIpc) is 2.64. The Hall–Kier alpha value is -1.56. The first-order valence-corrected chi connectivity index (χ1v) is 6.07. The molecule has 2 N–H and O–H groups in total. The number of carbonyl (C=O) groups is 1. The predicted octanol–water partition coefficient (Wildman–Crippen LogP) is 2.18. The van der Waals surface area contributed by atoms with Crippen LogP contribution >= 0.6 is 15.9 Å². The van der Waals surface area contributed by atoms with Crippen LogP contribution in [0, 0.1) is 12.3 Å². The van der Waals surface area contributed by atoms with Gasteiger partial charge in [-0.25, -0.2) is 4.79 Å². The molecule has 0 aliphatic rings. The number of aryl methyl sites for hydroxylation is 1. The monoisotopic (exact) mass is 313 g/mol. The summed E-state index contributed by atoms with van der Waals surface area (Å²) in [5.41, 5.74) is 2.61. The van der Waals surface area contributed by atoms with E-state index < -0.39 is 5.97 Å². The number of aromatic nitrogens is 1. The maximum atomic E-state index is 11.7. The minimum atomic E-state index is -0.530. The lowest BCUT2D eigenvalue weighted by molar-refractivity contribution is -0.135. The van der Waals surface area contributed by atoms with Gasteiger partial charge in [0.2, 0.25) is 0 Å². The molecule has 6 heteroatoms. The van der Waals surface area contributed by atoms with E-state index in [1.807, 2.05) is 27.1 Å². The van der Waals surface area contributed by atoms with E-state index in [1.165, 1.54) is 7.11 Å². The molecule has 0 aliphatic carbocycles. The molecule has 98 valence electrons. The second kappa shape index (κ2) is 5.86. The molecule has 5 nitrogen and oxygen atoms in total. The van der Waals surface area contributed by atoms with Crippen molar-refractivity contribution in [2.75, 3.05) is 21.2 Å². The molecule has 0 unspecified atom stereocenters. The number of methoxy groups -OCH3 is 1. The summed E-state index contributed by atoms with van der Waals surface area (Å²) in [4.78, 5) is 16.6. The van der Waals surface area contributed by atoms with Crippen LogP contribution in [0.2, 0.25) is 0 Å². The second-order valence-electron chi connectivity index (χ2n) is 3.97. The number of esters is 1. The molecule has 1 heterocycles. The highest BCUT2D eigenvalue weighted by Gasteiger charge is 2.19. The lowest BCUT2D eigenvalue weighted by Gasteiger charge is -2.18. The summed E-state index contributed by atoms with van der Waals surface area (Å²) in [6.07, 6.45) is 1.01. The SMILES string of the molecule is COC(=O)/C(C=N)=C(/c1cc(C)c(Br)[nH]1)N(C)C. The largest absolute Gasteiger partial charge is 0.465 e. The van der Waals surface area contributed by atoms with Gasteiger partial charge in [-0.05, 0) is 34.5 Å². The van der Waals surface area contributed by atoms with Crippen LogP contribution in [0.15, 0.2) is 16.2 Å². The van der Waals surface area contributed by atoms with E-state index in [-0.39, 0.29) is 5.57 Å². The molecule has 0 atom stereocenters. The fraction of sp³-hybridized carbons (Fsp3) is 0.333. The van der Waals surface area contributed by atoms with Gasteiger partial charge >= 0.3 is 5.97 Å². The Morgan fingerprint density at radius 2 is 2.17 bits per heavy atom. The molecule has 0 spiro atoms. The summed E-state index contributed by atoms with van der Waals surface area (Å²) >= 11 is 3.39.